The van der Waals surface area contributed by atoms with Crippen molar-refractivity contribution in [2.24, 2.45) is 0 Å². The Kier molecular flexibility index (Phi) is 5.03. The molecule has 0 saturated carbocycles. The van der Waals surface area contributed by atoms with E-state index in [0.717, 1.165) is 17.1 Å². The SMILES string of the molecule is Cc1cc(C(C)NC(=O)Nc2cccc(S(C)=O)c2)c(C)o1. The molecule has 1 aromatic carbocycles. The average molecular weight is 320 g/mol. The van der Waals surface area contributed by atoms with Crippen LogP contribution in [0.3, 0.4) is 0 Å². The first-order valence-corrected chi connectivity index (χ1v) is 8.50. The number of amides is 2. The third-order valence-corrected chi connectivity index (χ3v) is 4.24. The van der Waals surface area contributed by atoms with E-state index < -0.39 is 10.8 Å². The van der Waals surface area contributed by atoms with Gasteiger partial charge in [0, 0.05) is 33.2 Å². The lowest BCUT2D eigenvalue weighted by Gasteiger charge is -2.14. The number of carbonyl (C=O) groups excluding carboxylic acids is 1. The predicted octanol–water partition coefficient (Wildman–Crippen LogP) is 3.52. The third-order valence-electron chi connectivity index (χ3n) is 3.32. The molecule has 118 valence electrons. The first kappa shape index (κ1) is 16.3. The highest BCUT2D eigenvalue weighted by Crippen LogP contribution is 2.21. The molecule has 0 fully saturated rings. The van der Waals surface area contributed by atoms with Gasteiger partial charge in [0.1, 0.15) is 11.5 Å². The number of carbonyl (C=O) groups is 1. The molecule has 2 N–H and O–H groups in total. The van der Waals surface area contributed by atoms with E-state index in [0.29, 0.717) is 10.6 Å². The van der Waals surface area contributed by atoms with Gasteiger partial charge < -0.3 is 15.1 Å². The van der Waals surface area contributed by atoms with E-state index in [9.17, 15) is 9.00 Å². The highest BCUT2D eigenvalue weighted by Gasteiger charge is 2.15. The fourth-order valence-corrected chi connectivity index (χ4v) is 2.84. The van der Waals surface area contributed by atoms with E-state index in [1.807, 2.05) is 26.8 Å². The number of anilines is 1. The van der Waals surface area contributed by atoms with Gasteiger partial charge in [0.25, 0.3) is 0 Å². The van der Waals surface area contributed by atoms with E-state index in [2.05, 4.69) is 10.6 Å². The summed E-state index contributed by atoms with van der Waals surface area (Å²) in [5.74, 6) is 1.62. The zero-order chi connectivity index (χ0) is 16.3. The van der Waals surface area contributed by atoms with E-state index in [1.54, 1.807) is 30.5 Å². The summed E-state index contributed by atoms with van der Waals surface area (Å²) < 4.78 is 16.9. The highest BCUT2D eigenvalue weighted by molar-refractivity contribution is 7.84. The van der Waals surface area contributed by atoms with Gasteiger partial charge in [0.05, 0.1) is 6.04 Å². The molecule has 2 rings (SSSR count). The van der Waals surface area contributed by atoms with Gasteiger partial charge in [-0.15, -0.1) is 0 Å². The molecule has 0 bridgehead atoms. The Balaban J connectivity index is 2.02. The molecule has 1 aromatic heterocycles. The van der Waals surface area contributed by atoms with Crippen molar-refractivity contribution < 1.29 is 13.4 Å². The largest absolute Gasteiger partial charge is 0.466 e. The minimum absolute atomic E-state index is 0.166. The molecular weight excluding hydrogens is 300 g/mol. The number of hydrogen-bond donors (Lipinski definition) is 2. The standard InChI is InChI=1S/C16H20N2O3S/c1-10-8-15(12(3)21-10)11(2)17-16(19)18-13-6-5-7-14(9-13)22(4)20/h5-9,11H,1-4H3,(H2,17,18,19). The minimum atomic E-state index is -1.08. The summed E-state index contributed by atoms with van der Waals surface area (Å²) in [6, 6.07) is 8.42. The maximum atomic E-state index is 12.1. The summed E-state index contributed by atoms with van der Waals surface area (Å²) in [4.78, 5) is 12.7. The van der Waals surface area contributed by atoms with E-state index in [-0.39, 0.29) is 12.1 Å². The van der Waals surface area contributed by atoms with Crippen molar-refractivity contribution >= 4 is 22.5 Å². The van der Waals surface area contributed by atoms with E-state index >= 15 is 0 Å². The van der Waals surface area contributed by atoms with Gasteiger partial charge >= 0.3 is 6.03 Å². The number of nitrogens with one attached hydrogen (secondary N) is 2. The Morgan fingerprint density at radius 1 is 1.27 bits per heavy atom. The summed E-state index contributed by atoms with van der Waals surface area (Å²) in [5.41, 5.74) is 1.56. The maximum absolute atomic E-state index is 12.1. The molecule has 5 nitrogen and oxygen atoms in total. The summed E-state index contributed by atoms with van der Waals surface area (Å²) in [7, 11) is -1.08. The molecule has 0 aliphatic heterocycles. The Hall–Kier alpha value is -2.08. The van der Waals surface area contributed by atoms with Crippen LogP contribution in [0.5, 0.6) is 0 Å². The van der Waals surface area contributed by atoms with Crippen LogP contribution in [0.2, 0.25) is 0 Å². The van der Waals surface area contributed by atoms with Crippen molar-refractivity contribution in [1.29, 1.82) is 0 Å². The zero-order valence-electron chi connectivity index (χ0n) is 13.1. The first-order chi connectivity index (χ1) is 10.4. The molecule has 2 aromatic rings. The van der Waals surface area contributed by atoms with Crippen LogP contribution in [-0.4, -0.2) is 16.5 Å². The average Bonchev–Trinajstić information content (AvgIpc) is 2.77. The van der Waals surface area contributed by atoms with Crippen molar-refractivity contribution in [3.63, 3.8) is 0 Å². The van der Waals surface area contributed by atoms with Gasteiger partial charge in [-0.3, -0.25) is 4.21 Å². The molecule has 0 aliphatic carbocycles. The second-order valence-corrected chi connectivity index (χ2v) is 6.55. The molecule has 0 saturated heterocycles. The molecule has 2 unspecified atom stereocenters. The van der Waals surface area contributed by atoms with E-state index in [1.165, 1.54) is 0 Å². The molecule has 1 heterocycles. The smallest absolute Gasteiger partial charge is 0.319 e. The van der Waals surface area contributed by atoms with Crippen LogP contribution < -0.4 is 10.6 Å². The van der Waals surface area contributed by atoms with Crippen molar-refractivity contribution in [3.05, 3.63) is 47.4 Å². The number of hydrogen-bond acceptors (Lipinski definition) is 3. The normalized spacial score (nSPS) is 13.5. The quantitative estimate of drug-likeness (QED) is 0.905. The van der Waals surface area contributed by atoms with Gasteiger partial charge in [-0.05, 0) is 45.0 Å². The molecule has 0 aliphatic rings. The Morgan fingerprint density at radius 3 is 2.59 bits per heavy atom. The lowest BCUT2D eigenvalue weighted by molar-refractivity contribution is 0.249. The monoisotopic (exact) mass is 320 g/mol. The van der Waals surface area contributed by atoms with Gasteiger partial charge in [-0.1, -0.05) is 6.07 Å². The van der Waals surface area contributed by atoms with Crippen LogP contribution in [0.4, 0.5) is 10.5 Å². The number of aryl methyl sites for hydroxylation is 2. The summed E-state index contributed by atoms with van der Waals surface area (Å²) in [6.07, 6.45) is 1.60. The van der Waals surface area contributed by atoms with Gasteiger partial charge in [-0.2, -0.15) is 0 Å². The summed E-state index contributed by atoms with van der Waals surface area (Å²) in [5, 5.41) is 5.61. The van der Waals surface area contributed by atoms with Crippen molar-refractivity contribution in [2.75, 3.05) is 11.6 Å². The van der Waals surface area contributed by atoms with Gasteiger partial charge in [-0.25, -0.2) is 4.79 Å². The van der Waals surface area contributed by atoms with Crippen LogP contribution in [0.15, 0.2) is 39.6 Å². The number of urea groups is 1. The van der Waals surface area contributed by atoms with Crippen LogP contribution in [0.1, 0.15) is 30.0 Å². The summed E-state index contributed by atoms with van der Waals surface area (Å²) >= 11 is 0. The lowest BCUT2D eigenvalue weighted by Crippen LogP contribution is -2.31. The van der Waals surface area contributed by atoms with Gasteiger partial charge in [0.2, 0.25) is 0 Å². The topological polar surface area (TPSA) is 71.3 Å². The second kappa shape index (κ2) is 6.79. The number of rotatable bonds is 4. The second-order valence-electron chi connectivity index (χ2n) is 5.17. The first-order valence-electron chi connectivity index (χ1n) is 6.94. The van der Waals surface area contributed by atoms with Gasteiger partial charge in [0.15, 0.2) is 0 Å². The molecule has 2 atom stereocenters. The zero-order valence-corrected chi connectivity index (χ0v) is 13.9. The number of furan rings is 1. The highest BCUT2D eigenvalue weighted by atomic mass is 32.2. The number of benzene rings is 1. The molecule has 0 radical (unpaired) electrons. The van der Waals surface area contributed by atoms with E-state index in [4.69, 9.17) is 4.42 Å². The lowest BCUT2D eigenvalue weighted by atomic mass is 10.1. The van der Waals surface area contributed by atoms with Crippen LogP contribution in [-0.2, 0) is 10.8 Å². The molecule has 6 heteroatoms. The Morgan fingerprint density at radius 2 is 2.00 bits per heavy atom. The Labute approximate surface area is 132 Å². The fourth-order valence-electron chi connectivity index (χ4n) is 2.27. The molecule has 22 heavy (non-hydrogen) atoms. The van der Waals surface area contributed by atoms with Crippen LogP contribution in [0, 0.1) is 13.8 Å². The molecular formula is C16H20N2O3S. The predicted molar refractivity (Wildman–Crippen MR) is 87.5 cm³/mol. The Bertz CT molecular complexity index is 709. The van der Waals surface area contributed by atoms with Crippen LogP contribution >= 0.6 is 0 Å². The van der Waals surface area contributed by atoms with Crippen molar-refractivity contribution in [1.82, 2.24) is 5.32 Å². The fraction of sp³-hybridized carbons (Fsp3) is 0.312. The minimum Gasteiger partial charge on any atom is -0.466 e. The molecule has 0 spiro atoms. The maximum Gasteiger partial charge on any atom is 0.319 e. The summed E-state index contributed by atoms with van der Waals surface area (Å²) in [6.45, 7) is 5.65. The third kappa shape index (κ3) is 3.98. The molecule has 2 amide bonds. The van der Waals surface area contributed by atoms with Crippen molar-refractivity contribution in [3.8, 4) is 0 Å². The van der Waals surface area contributed by atoms with Crippen LogP contribution in [0.25, 0.3) is 0 Å². The van der Waals surface area contributed by atoms with Crippen molar-refractivity contribution in [2.45, 2.75) is 31.7 Å².